The molecule has 2 aromatic carbocycles. The maximum atomic E-state index is 13.5. The van der Waals surface area contributed by atoms with E-state index in [1.54, 1.807) is 29.2 Å². The van der Waals surface area contributed by atoms with Gasteiger partial charge >= 0.3 is 0 Å². The van der Waals surface area contributed by atoms with Crippen molar-refractivity contribution in [1.82, 2.24) is 4.31 Å². The summed E-state index contributed by atoms with van der Waals surface area (Å²) in [4.78, 5) is 14.7. The van der Waals surface area contributed by atoms with Crippen molar-refractivity contribution >= 4 is 21.6 Å². The lowest BCUT2D eigenvalue weighted by Crippen LogP contribution is -2.36. The van der Waals surface area contributed by atoms with E-state index in [1.807, 2.05) is 0 Å². The van der Waals surface area contributed by atoms with Gasteiger partial charge in [-0.3, -0.25) is 4.79 Å². The van der Waals surface area contributed by atoms with Gasteiger partial charge < -0.3 is 4.90 Å². The number of halogens is 1. The molecule has 2 heterocycles. The number of benzene rings is 2. The van der Waals surface area contributed by atoms with E-state index in [0.717, 1.165) is 24.8 Å². The summed E-state index contributed by atoms with van der Waals surface area (Å²) in [5, 5.41) is 0. The molecule has 0 unspecified atom stereocenters. The topological polar surface area (TPSA) is 57.7 Å². The molecule has 5 nitrogen and oxygen atoms in total. The largest absolute Gasteiger partial charge is 0.308 e. The highest BCUT2D eigenvalue weighted by Crippen LogP contribution is 2.32. The molecule has 2 aliphatic rings. The van der Waals surface area contributed by atoms with Crippen LogP contribution in [0, 0.1) is 5.82 Å². The first-order chi connectivity index (χ1) is 13.0. The Labute approximate surface area is 158 Å². The fourth-order valence-corrected chi connectivity index (χ4v) is 5.37. The highest BCUT2D eigenvalue weighted by Gasteiger charge is 2.30. The number of carbonyl (C=O) groups is 1. The molecule has 1 saturated heterocycles. The molecular formula is C20H21FN2O3S. The van der Waals surface area contributed by atoms with E-state index in [-0.39, 0.29) is 16.4 Å². The average molecular weight is 388 g/mol. The molecule has 0 N–H and O–H groups in total. The van der Waals surface area contributed by atoms with Crippen molar-refractivity contribution in [2.75, 3.05) is 24.5 Å². The number of carbonyl (C=O) groups excluding carboxylic acids is 1. The number of sulfonamides is 1. The lowest BCUT2D eigenvalue weighted by atomic mass is 10.0. The van der Waals surface area contributed by atoms with Crippen LogP contribution in [0.25, 0.3) is 0 Å². The summed E-state index contributed by atoms with van der Waals surface area (Å²) in [6.45, 7) is 1.65. The molecule has 0 aliphatic carbocycles. The number of hydrogen-bond donors (Lipinski definition) is 0. The maximum absolute atomic E-state index is 13.5. The van der Waals surface area contributed by atoms with E-state index in [0.29, 0.717) is 31.7 Å². The van der Waals surface area contributed by atoms with Crippen LogP contribution in [-0.4, -0.2) is 38.3 Å². The normalized spacial score (nSPS) is 17.7. The summed E-state index contributed by atoms with van der Waals surface area (Å²) in [6, 6.07) is 10.6. The van der Waals surface area contributed by atoms with Crippen LogP contribution in [0.1, 0.15) is 35.2 Å². The van der Waals surface area contributed by atoms with Gasteiger partial charge in [-0.1, -0.05) is 6.07 Å². The first kappa shape index (κ1) is 18.1. The molecule has 2 aliphatic heterocycles. The molecule has 0 saturated carbocycles. The van der Waals surface area contributed by atoms with Gasteiger partial charge in [0.15, 0.2) is 0 Å². The van der Waals surface area contributed by atoms with Crippen LogP contribution in [-0.2, 0) is 16.4 Å². The fraction of sp³-hybridized carbons (Fsp3) is 0.350. The molecule has 0 radical (unpaired) electrons. The van der Waals surface area contributed by atoms with Gasteiger partial charge in [0.05, 0.1) is 4.90 Å². The summed E-state index contributed by atoms with van der Waals surface area (Å²) in [6.07, 6.45) is 3.23. The van der Waals surface area contributed by atoms with Crippen LogP contribution < -0.4 is 4.90 Å². The third-order valence-corrected chi connectivity index (χ3v) is 7.08. The standard InChI is InChI=1S/C20H21FN2O3S/c21-17-7-3-5-16(13-17)20(24)23-12-4-6-15-14-18(8-9-19(15)23)27(25,26)22-10-1-2-11-22/h3,5,7-9,13-14H,1-2,4,6,10-12H2. The summed E-state index contributed by atoms with van der Waals surface area (Å²) in [5.41, 5.74) is 1.83. The van der Waals surface area contributed by atoms with Gasteiger partial charge in [0.2, 0.25) is 10.0 Å². The van der Waals surface area contributed by atoms with Crippen LogP contribution in [0.3, 0.4) is 0 Å². The van der Waals surface area contributed by atoms with Gasteiger partial charge in [-0.15, -0.1) is 0 Å². The van der Waals surface area contributed by atoms with Gasteiger partial charge in [0, 0.05) is 30.9 Å². The van der Waals surface area contributed by atoms with Gasteiger partial charge in [-0.05, 0) is 67.6 Å². The van der Waals surface area contributed by atoms with E-state index < -0.39 is 15.8 Å². The molecule has 0 atom stereocenters. The minimum absolute atomic E-state index is 0.273. The zero-order valence-electron chi connectivity index (χ0n) is 14.9. The number of nitrogens with zero attached hydrogens (tertiary/aromatic N) is 2. The second-order valence-electron chi connectivity index (χ2n) is 6.97. The van der Waals surface area contributed by atoms with Gasteiger partial charge in [0.1, 0.15) is 5.82 Å². The lowest BCUT2D eigenvalue weighted by Gasteiger charge is -2.30. The van der Waals surface area contributed by atoms with Crippen molar-refractivity contribution < 1.29 is 17.6 Å². The zero-order chi connectivity index (χ0) is 19.0. The first-order valence-electron chi connectivity index (χ1n) is 9.17. The molecule has 1 fully saturated rings. The summed E-state index contributed by atoms with van der Waals surface area (Å²) in [5.74, 6) is -0.726. The first-order valence-corrected chi connectivity index (χ1v) is 10.6. The zero-order valence-corrected chi connectivity index (χ0v) is 15.7. The summed E-state index contributed by atoms with van der Waals surface area (Å²) < 4.78 is 40.6. The molecule has 0 bridgehead atoms. The third-order valence-electron chi connectivity index (χ3n) is 5.19. The Kier molecular flexibility index (Phi) is 4.74. The van der Waals surface area contributed by atoms with E-state index in [4.69, 9.17) is 0 Å². The monoisotopic (exact) mass is 388 g/mol. The second kappa shape index (κ2) is 7.05. The van der Waals surface area contributed by atoms with Gasteiger partial charge in [-0.2, -0.15) is 4.31 Å². The molecule has 4 rings (SSSR count). The predicted octanol–water partition coefficient (Wildman–Crippen LogP) is 3.20. The number of rotatable bonds is 3. The van der Waals surface area contributed by atoms with E-state index in [1.165, 1.54) is 22.5 Å². The van der Waals surface area contributed by atoms with Crippen molar-refractivity contribution in [3.8, 4) is 0 Å². The third kappa shape index (κ3) is 3.37. The van der Waals surface area contributed by atoms with Crippen LogP contribution in [0.2, 0.25) is 0 Å². The van der Waals surface area contributed by atoms with E-state index in [2.05, 4.69) is 0 Å². The maximum Gasteiger partial charge on any atom is 0.258 e. The molecule has 27 heavy (non-hydrogen) atoms. The average Bonchev–Trinajstić information content (AvgIpc) is 3.22. The Bertz CT molecular complexity index is 984. The number of fused-ring (bicyclic) bond motifs is 1. The predicted molar refractivity (Wildman–Crippen MR) is 101 cm³/mol. The number of aryl methyl sites for hydroxylation is 1. The molecule has 7 heteroatoms. The quantitative estimate of drug-likeness (QED) is 0.811. The fourth-order valence-electron chi connectivity index (χ4n) is 3.80. The minimum atomic E-state index is -3.49. The number of amides is 1. The Morgan fingerprint density at radius 2 is 1.74 bits per heavy atom. The van der Waals surface area contributed by atoms with E-state index >= 15 is 0 Å². The Hall–Kier alpha value is -2.25. The summed E-state index contributed by atoms with van der Waals surface area (Å²) >= 11 is 0. The smallest absolute Gasteiger partial charge is 0.258 e. The molecule has 0 spiro atoms. The second-order valence-corrected chi connectivity index (χ2v) is 8.91. The Morgan fingerprint density at radius 3 is 2.48 bits per heavy atom. The van der Waals surface area contributed by atoms with Gasteiger partial charge in [-0.25, -0.2) is 12.8 Å². The SMILES string of the molecule is O=C(c1cccc(F)c1)N1CCCc2cc(S(=O)(=O)N3CCCC3)ccc21. The highest BCUT2D eigenvalue weighted by atomic mass is 32.2. The molecule has 0 aromatic heterocycles. The highest BCUT2D eigenvalue weighted by molar-refractivity contribution is 7.89. The Morgan fingerprint density at radius 1 is 0.963 bits per heavy atom. The van der Waals surface area contributed by atoms with Crippen molar-refractivity contribution in [3.63, 3.8) is 0 Å². The lowest BCUT2D eigenvalue weighted by molar-refractivity contribution is 0.0984. The van der Waals surface area contributed by atoms with Crippen LogP contribution >= 0.6 is 0 Å². The number of anilines is 1. The van der Waals surface area contributed by atoms with E-state index in [9.17, 15) is 17.6 Å². The summed E-state index contributed by atoms with van der Waals surface area (Å²) in [7, 11) is -3.49. The van der Waals surface area contributed by atoms with Gasteiger partial charge in [0.25, 0.3) is 5.91 Å². The molecule has 1 amide bonds. The number of hydrogen-bond acceptors (Lipinski definition) is 3. The molecule has 142 valence electrons. The Balaban J connectivity index is 1.67. The van der Waals surface area contributed by atoms with Crippen LogP contribution in [0.5, 0.6) is 0 Å². The van der Waals surface area contributed by atoms with Crippen molar-refractivity contribution in [1.29, 1.82) is 0 Å². The van der Waals surface area contributed by atoms with Crippen molar-refractivity contribution in [2.24, 2.45) is 0 Å². The molecule has 2 aromatic rings. The van der Waals surface area contributed by atoms with Crippen molar-refractivity contribution in [3.05, 3.63) is 59.4 Å². The van der Waals surface area contributed by atoms with Crippen LogP contribution in [0.15, 0.2) is 47.4 Å². The minimum Gasteiger partial charge on any atom is -0.308 e. The van der Waals surface area contributed by atoms with Crippen molar-refractivity contribution in [2.45, 2.75) is 30.6 Å². The van der Waals surface area contributed by atoms with Crippen LogP contribution in [0.4, 0.5) is 10.1 Å². The molecular weight excluding hydrogens is 367 g/mol.